The van der Waals surface area contributed by atoms with E-state index in [1.54, 1.807) is 6.26 Å². The molecule has 20 heavy (non-hydrogen) atoms. The number of aromatic nitrogens is 2. The van der Waals surface area contributed by atoms with E-state index in [0.29, 0.717) is 19.2 Å². The average Bonchev–Trinajstić information content (AvgIpc) is 2.92. The molecule has 0 atom stereocenters. The molecule has 110 valence electrons. The molecule has 0 radical (unpaired) electrons. The van der Waals surface area contributed by atoms with Crippen molar-refractivity contribution in [1.82, 2.24) is 15.1 Å². The van der Waals surface area contributed by atoms with Crippen molar-refractivity contribution >= 4 is 0 Å². The summed E-state index contributed by atoms with van der Waals surface area (Å²) in [5.41, 5.74) is 3.02. The Morgan fingerprint density at radius 3 is 2.75 bits per heavy atom. The fourth-order valence-corrected chi connectivity index (χ4v) is 2.06. The molecule has 0 amide bonds. The third kappa shape index (κ3) is 3.22. The van der Waals surface area contributed by atoms with Gasteiger partial charge in [-0.25, -0.2) is 0 Å². The van der Waals surface area contributed by atoms with Crippen molar-refractivity contribution in [3.8, 4) is 5.75 Å². The molecule has 2 aromatic rings. The van der Waals surface area contributed by atoms with E-state index >= 15 is 0 Å². The number of hydrogen-bond acceptors (Lipinski definition) is 4. The minimum atomic E-state index is 0.427. The summed E-state index contributed by atoms with van der Waals surface area (Å²) in [6.07, 6.45) is 1.71. The standard InChI is InChI=1S/C15H23N3O2/c1-10(2)16-8-14-13(6-7-19-14)9-20-15-11(3)17-18(5)12(15)4/h6-7,10,16H,8-9H2,1-5H3. The molecule has 0 saturated carbocycles. The van der Waals surface area contributed by atoms with Gasteiger partial charge < -0.3 is 14.5 Å². The summed E-state index contributed by atoms with van der Waals surface area (Å²) in [5.74, 6) is 1.79. The topological polar surface area (TPSA) is 52.2 Å². The molecule has 0 bridgehead atoms. The second-order valence-electron chi connectivity index (χ2n) is 5.32. The van der Waals surface area contributed by atoms with Gasteiger partial charge >= 0.3 is 0 Å². The Hall–Kier alpha value is -1.75. The van der Waals surface area contributed by atoms with Crippen molar-refractivity contribution < 1.29 is 9.15 Å². The Bertz CT molecular complexity index is 570. The van der Waals surface area contributed by atoms with E-state index in [2.05, 4.69) is 24.3 Å². The molecule has 5 heteroatoms. The van der Waals surface area contributed by atoms with Crippen LogP contribution in [0.1, 0.15) is 36.6 Å². The van der Waals surface area contributed by atoms with E-state index in [0.717, 1.165) is 28.5 Å². The van der Waals surface area contributed by atoms with Crippen LogP contribution < -0.4 is 10.1 Å². The fourth-order valence-electron chi connectivity index (χ4n) is 2.06. The molecular formula is C15H23N3O2. The SMILES string of the molecule is Cc1nn(C)c(C)c1OCc1ccoc1CNC(C)C. The number of aryl methyl sites for hydroxylation is 2. The molecule has 0 spiro atoms. The van der Waals surface area contributed by atoms with Gasteiger partial charge in [-0.2, -0.15) is 5.10 Å². The van der Waals surface area contributed by atoms with Crippen molar-refractivity contribution in [2.75, 3.05) is 0 Å². The number of nitrogens with zero attached hydrogens (tertiary/aromatic N) is 2. The Kier molecular flexibility index (Phi) is 4.49. The molecule has 0 aliphatic heterocycles. The summed E-state index contributed by atoms with van der Waals surface area (Å²) < 4.78 is 13.2. The van der Waals surface area contributed by atoms with Crippen molar-refractivity contribution in [2.24, 2.45) is 7.05 Å². The zero-order valence-corrected chi connectivity index (χ0v) is 12.9. The highest BCUT2D eigenvalue weighted by Gasteiger charge is 2.13. The molecule has 0 aliphatic rings. The molecule has 0 saturated heterocycles. The van der Waals surface area contributed by atoms with Gasteiger partial charge in [0.1, 0.15) is 18.1 Å². The number of furan rings is 1. The van der Waals surface area contributed by atoms with Gasteiger partial charge in [0.25, 0.3) is 0 Å². The summed E-state index contributed by atoms with van der Waals surface area (Å²) >= 11 is 0. The molecule has 1 N–H and O–H groups in total. The first kappa shape index (κ1) is 14.7. The van der Waals surface area contributed by atoms with Crippen LogP contribution in [0.15, 0.2) is 16.7 Å². The lowest BCUT2D eigenvalue weighted by molar-refractivity contribution is 0.296. The number of rotatable bonds is 6. The quantitative estimate of drug-likeness (QED) is 0.882. The van der Waals surface area contributed by atoms with Gasteiger partial charge in [-0.1, -0.05) is 13.8 Å². The maximum absolute atomic E-state index is 5.91. The molecule has 5 nitrogen and oxygen atoms in total. The molecule has 0 aliphatic carbocycles. The second kappa shape index (κ2) is 6.13. The van der Waals surface area contributed by atoms with Crippen LogP contribution in [0.3, 0.4) is 0 Å². The lowest BCUT2D eigenvalue weighted by atomic mass is 10.2. The molecule has 0 fully saturated rings. The lowest BCUT2D eigenvalue weighted by Crippen LogP contribution is -2.22. The van der Waals surface area contributed by atoms with Crippen molar-refractivity contribution in [1.29, 1.82) is 0 Å². The first-order valence-corrected chi connectivity index (χ1v) is 6.90. The second-order valence-corrected chi connectivity index (χ2v) is 5.32. The monoisotopic (exact) mass is 277 g/mol. The van der Waals surface area contributed by atoms with Gasteiger partial charge in [-0.15, -0.1) is 0 Å². The normalized spacial score (nSPS) is 11.3. The highest BCUT2D eigenvalue weighted by molar-refractivity contribution is 5.32. The van der Waals surface area contributed by atoms with E-state index in [1.807, 2.05) is 31.6 Å². The lowest BCUT2D eigenvalue weighted by Gasteiger charge is -2.09. The molecule has 0 aromatic carbocycles. The largest absolute Gasteiger partial charge is 0.485 e. The highest BCUT2D eigenvalue weighted by atomic mass is 16.5. The van der Waals surface area contributed by atoms with Crippen LogP contribution in [0.5, 0.6) is 5.75 Å². The number of nitrogens with one attached hydrogen (secondary N) is 1. The van der Waals surface area contributed by atoms with Crippen LogP contribution in [-0.2, 0) is 20.2 Å². The Morgan fingerprint density at radius 1 is 1.40 bits per heavy atom. The zero-order chi connectivity index (χ0) is 14.7. The van der Waals surface area contributed by atoms with Gasteiger partial charge in [0.15, 0.2) is 5.75 Å². The first-order chi connectivity index (χ1) is 9.49. The summed E-state index contributed by atoms with van der Waals surface area (Å²) in [7, 11) is 1.92. The van der Waals surface area contributed by atoms with E-state index in [-0.39, 0.29) is 0 Å². The number of ether oxygens (including phenoxy) is 1. The fraction of sp³-hybridized carbons (Fsp3) is 0.533. The molecular weight excluding hydrogens is 254 g/mol. The van der Waals surface area contributed by atoms with Crippen molar-refractivity contribution in [2.45, 2.75) is 46.9 Å². The first-order valence-electron chi connectivity index (χ1n) is 6.90. The van der Waals surface area contributed by atoms with Gasteiger partial charge in [-0.3, -0.25) is 4.68 Å². The third-order valence-electron chi connectivity index (χ3n) is 3.32. The molecule has 2 aromatic heterocycles. The van der Waals surface area contributed by atoms with E-state index in [1.165, 1.54) is 0 Å². The predicted molar refractivity (Wildman–Crippen MR) is 77.7 cm³/mol. The van der Waals surface area contributed by atoms with Crippen LogP contribution in [0, 0.1) is 13.8 Å². The minimum absolute atomic E-state index is 0.427. The summed E-state index contributed by atoms with van der Waals surface area (Å²) in [6, 6.07) is 2.38. The maximum atomic E-state index is 5.91. The van der Waals surface area contributed by atoms with Crippen molar-refractivity contribution in [3.63, 3.8) is 0 Å². The van der Waals surface area contributed by atoms with E-state index < -0.39 is 0 Å². The van der Waals surface area contributed by atoms with Crippen LogP contribution in [-0.4, -0.2) is 15.8 Å². The van der Waals surface area contributed by atoms with Crippen LogP contribution in [0.2, 0.25) is 0 Å². The van der Waals surface area contributed by atoms with Crippen LogP contribution in [0.4, 0.5) is 0 Å². The number of hydrogen-bond donors (Lipinski definition) is 1. The molecule has 0 unspecified atom stereocenters. The van der Waals surface area contributed by atoms with E-state index in [4.69, 9.17) is 9.15 Å². The van der Waals surface area contributed by atoms with Gasteiger partial charge in [-0.05, 0) is 19.9 Å². The molecule has 2 heterocycles. The molecule has 2 rings (SSSR count). The van der Waals surface area contributed by atoms with Crippen molar-refractivity contribution in [3.05, 3.63) is 35.0 Å². The van der Waals surface area contributed by atoms with Crippen LogP contribution >= 0.6 is 0 Å². The zero-order valence-electron chi connectivity index (χ0n) is 12.9. The average molecular weight is 277 g/mol. The van der Waals surface area contributed by atoms with Gasteiger partial charge in [0.2, 0.25) is 0 Å². The smallest absolute Gasteiger partial charge is 0.163 e. The summed E-state index contributed by atoms with van der Waals surface area (Å²) in [6.45, 7) is 9.40. The third-order valence-corrected chi connectivity index (χ3v) is 3.32. The predicted octanol–water partition coefficient (Wildman–Crippen LogP) is 2.71. The highest BCUT2D eigenvalue weighted by Crippen LogP contribution is 2.23. The van der Waals surface area contributed by atoms with E-state index in [9.17, 15) is 0 Å². The minimum Gasteiger partial charge on any atom is -0.485 e. The Labute approximate surface area is 119 Å². The van der Waals surface area contributed by atoms with Crippen LogP contribution in [0.25, 0.3) is 0 Å². The Morgan fingerprint density at radius 2 is 2.15 bits per heavy atom. The van der Waals surface area contributed by atoms with Gasteiger partial charge in [0, 0.05) is 18.7 Å². The maximum Gasteiger partial charge on any atom is 0.163 e. The van der Waals surface area contributed by atoms with Gasteiger partial charge in [0.05, 0.1) is 18.5 Å². The summed E-state index contributed by atoms with van der Waals surface area (Å²) in [5, 5.41) is 7.70. The Balaban J connectivity index is 2.02. The summed E-state index contributed by atoms with van der Waals surface area (Å²) in [4.78, 5) is 0.